The fourth-order valence-electron chi connectivity index (χ4n) is 3.17. The molecule has 6 heteroatoms. The SMILES string of the molecule is COC(=O)c1cn(Cc2ccc(OCc3ccc(F)c4ccccc34)cc2)cn1. The van der Waals surface area contributed by atoms with E-state index in [0.29, 0.717) is 18.5 Å². The van der Waals surface area contributed by atoms with Gasteiger partial charge in [0.15, 0.2) is 5.69 Å². The molecule has 146 valence electrons. The van der Waals surface area contributed by atoms with Gasteiger partial charge in [-0.3, -0.25) is 0 Å². The number of hydrogen-bond donors (Lipinski definition) is 0. The number of imidazole rings is 1. The van der Waals surface area contributed by atoms with Crippen LogP contribution in [0.1, 0.15) is 21.6 Å². The number of ether oxygens (including phenoxy) is 2. The summed E-state index contributed by atoms with van der Waals surface area (Å²) in [6, 6.07) is 18.3. The monoisotopic (exact) mass is 390 g/mol. The summed E-state index contributed by atoms with van der Waals surface area (Å²) in [5.41, 5.74) is 2.25. The van der Waals surface area contributed by atoms with E-state index in [9.17, 15) is 9.18 Å². The summed E-state index contributed by atoms with van der Waals surface area (Å²) in [7, 11) is 1.33. The molecule has 0 saturated heterocycles. The number of nitrogens with zero attached hydrogens (tertiary/aromatic N) is 2. The first-order chi connectivity index (χ1) is 14.1. The molecule has 0 aliphatic carbocycles. The lowest BCUT2D eigenvalue weighted by Gasteiger charge is -2.10. The standard InChI is InChI=1S/C23H19FN2O3/c1-28-23(27)22-13-26(15-25-22)12-16-6-9-18(10-7-16)29-14-17-8-11-21(24)20-5-3-2-4-19(17)20/h2-11,13,15H,12,14H2,1H3. The maximum absolute atomic E-state index is 13.9. The van der Waals surface area contributed by atoms with Crippen molar-refractivity contribution in [3.05, 3.63) is 95.8 Å². The normalized spacial score (nSPS) is 10.8. The molecular weight excluding hydrogens is 371 g/mol. The number of carbonyl (C=O) groups is 1. The first kappa shape index (κ1) is 18.7. The minimum Gasteiger partial charge on any atom is -0.489 e. The Hall–Kier alpha value is -3.67. The molecule has 0 bridgehead atoms. The Kier molecular flexibility index (Phi) is 5.24. The zero-order chi connectivity index (χ0) is 20.2. The molecule has 29 heavy (non-hydrogen) atoms. The molecular formula is C23H19FN2O3. The van der Waals surface area contributed by atoms with Crippen LogP contribution >= 0.6 is 0 Å². The minimum atomic E-state index is -0.458. The van der Waals surface area contributed by atoms with Gasteiger partial charge in [-0.15, -0.1) is 0 Å². The molecule has 4 aromatic rings. The van der Waals surface area contributed by atoms with E-state index in [-0.39, 0.29) is 11.5 Å². The lowest BCUT2D eigenvalue weighted by Crippen LogP contribution is -2.01. The highest BCUT2D eigenvalue weighted by Crippen LogP contribution is 2.23. The van der Waals surface area contributed by atoms with Gasteiger partial charge in [0.25, 0.3) is 0 Å². The fraction of sp³-hybridized carbons (Fsp3) is 0.130. The fourth-order valence-corrected chi connectivity index (χ4v) is 3.17. The van der Waals surface area contributed by atoms with Crippen molar-refractivity contribution in [2.45, 2.75) is 13.2 Å². The molecule has 0 aliphatic heterocycles. The van der Waals surface area contributed by atoms with Crippen molar-refractivity contribution in [2.75, 3.05) is 7.11 Å². The van der Waals surface area contributed by atoms with Crippen LogP contribution in [0.2, 0.25) is 0 Å². The summed E-state index contributed by atoms with van der Waals surface area (Å²) in [5, 5.41) is 1.45. The highest BCUT2D eigenvalue weighted by molar-refractivity contribution is 5.87. The Morgan fingerprint density at radius 2 is 1.79 bits per heavy atom. The smallest absolute Gasteiger partial charge is 0.358 e. The highest BCUT2D eigenvalue weighted by atomic mass is 19.1. The number of hydrogen-bond acceptors (Lipinski definition) is 4. The Balaban J connectivity index is 1.42. The molecule has 3 aromatic carbocycles. The number of carbonyl (C=O) groups excluding carboxylic acids is 1. The molecule has 0 spiro atoms. The Bertz CT molecular complexity index is 1150. The molecule has 1 heterocycles. The van der Waals surface area contributed by atoms with Gasteiger partial charge in [-0.05, 0) is 34.7 Å². The molecule has 0 aliphatic rings. The summed E-state index contributed by atoms with van der Waals surface area (Å²) in [6.07, 6.45) is 3.24. The van der Waals surface area contributed by atoms with Crippen molar-refractivity contribution in [1.29, 1.82) is 0 Å². The van der Waals surface area contributed by atoms with E-state index in [4.69, 9.17) is 4.74 Å². The van der Waals surface area contributed by atoms with Crippen molar-refractivity contribution < 1.29 is 18.7 Å². The summed E-state index contributed by atoms with van der Waals surface area (Å²) < 4.78 is 26.3. The summed E-state index contributed by atoms with van der Waals surface area (Å²) in [5.74, 6) is 0.0346. The summed E-state index contributed by atoms with van der Waals surface area (Å²) >= 11 is 0. The van der Waals surface area contributed by atoms with Gasteiger partial charge in [0.1, 0.15) is 18.2 Å². The molecule has 0 amide bonds. The van der Waals surface area contributed by atoms with Crippen LogP contribution in [0.4, 0.5) is 4.39 Å². The molecule has 0 atom stereocenters. The quantitative estimate of drug-likeness (QED) is 0.452. The van der Waals surface area contributed by atoms with E-state index in [0.717, 1.165) is 22.3 Å². The van der Waals surface area contributed by atoms with Crippen LogP contribution in [-0.2, 0) is 17.9 Å². The Morgan fingerprint density at radius 1 is 1.03 bits per heavy atom. The third kappa shape index (κ3) is 4.11. The summed E-state index contributed by atoms with van der Waals surface area (Å²) in [4.78, 5) is 15.5. The molecule has 0 radical (unpaired) electrons. The first-order valence-electron chi connectivity index (χ1n) is 9.12. The molecule has 0 fully saturated rings. The topological polar surface area (TPSA) is 53.4 Å². The number of esters is 1. The number of aromatic nitrogens is 2. The van der Waals surface area contributed by atoms with Gasteiger partial charge < -0.3 is 14.0 Å². The van der Waals surface area contributed by atoms with E-state index < -0.39 is 5.97 Å². The van der Waals surface area contributed by atoms with Crippen LogP contribution in [0.25, 0.3) is 10.8 Å². The zero-order valence-corrected chi connectivity index (χ0v) is 15.8. The molecule has 4 rings (SSSR count). The van der Waals surface area contributed by atoms with E-state index in [2.05, 4.69) is 9.72 Å². The van der Waals surface area contributed by atoms with Crippen LogP contribution < -0.4 is 4.74 Å². The number of halogens is 1. The van der Waals surface area contributed by atoms with E-state index in [1.54, 1.807) is 24.7 Å². The van der Waals surface area contributed by atoms with Crippen LogP contribution in [0.5, 0.6) is 5.75 Å². The molecule has 0 saturated carbocycles. The second kappa shape index (κ2) is 8.14. The van der Waals surface area contributed by atoms with Crippen molar-refractivity contribution >= 4 is 16.7 Å². The van der Waals surface area contributed by atoms with Gasteiger partial charge in [0.2, 0.25) is 0 Å². The molecule has 5 nitrogen and oxygen atoms in total. The molecule has 1 aromatic heterocycles. The predicted molar refractivity (Wildman–Crippen MR) is 107 cm³/mol. The van der Waals surface area contributed by atoms with Crippen LogP contribution in [0.3, 0.4) is 0 Å². The second-order valence-corrected chi connectivity index (χ2v) is 6.61. The Morgan fingerprint density at radius 3 is 2.55 bits per heavy atom. The van der Waals surface area contributed by atoms with Gasteiger partial charge in [-0.1, -0.05) is 42.5 Å². The number of benzene rings is 3. The summed E-state index contributed by atoms with van der Waals surface area (Å²) in [6.45, 7) is 0.928. The number of methoxy groups -OCH3 is 1. The van der Waals surface area contributed by atoms with Gasteiger partial charge in [0, 0.05) is 18.1 Å². The van der Waals surface area contributed by atoms with Crippen molar-refractivity contribution in [1.82, 2.24) is 9.55 Å². The predicted octanol–water partition coefficient (Wildman–Crippen LogP) is 4.59. The van der Waals surface area contributed by atoms with Crippen LogP contribution in [0, 0.1) is 5.82 Å². The van der Waals surface area contributed by atoms with E-state index >= 15 is 0 Å². The average molecular weight is 390 g/mol. The maximum atomic E-state index is 13.9. The first-order valence-corrected chi connectivity index (χ1v) is 9.12. The van der Waals surface area contributed by atoms with Gasteiger partial charge in [-0.25, -0.2) is 14.2 Å². The molecule has 0 unspecified atom stereocenters. The van der Waals surface area contributed by atoms with Crippen LogP contribution in [0.15, 0.2) is 73.2 Å². The lowest BCUT2D eigenvalue weighted by atomic mass is 10.0. The highest BCUT2D eigenvalue weighted by Gasteiger charge is 2.09. The third-order valence-corrected chi connectivity index (χ3v) is 4.67. The van der Waals surface area contributed by atoms with Crippen LogP contribution in [-0.4, -0.2) is 22.6 Å². The number of fused-ring (bicyclic) bond motifs is 1. The van der Waals surface area contributed by atoms with E-state index in [1.807, 2.05) is 47.0 Å². The Labute approximate surface area is 167 Å². The van der Waals surface area contributed by atoms with Gasteiger partial charge >= 0.3 is 5.97 Å². The maximum Gasteiger partial charge on any atom is 0.358 e. The average Bonchev–Trinajstić information content (AvgIpc) is 3.22. The molecule has 0 N–H and O–H groups in total. The van der Waals surface area contributed by atoms with Gasteiger partial charge in [-0.2, -0.15) is 0 Å². The largest absolute Gasteiger partial charge is 0.489 e. The lowest BCUT2D eigenvalue weighted by molar-refractivity contribution is 0.0594. The van der Waals surface area contributed by atoms with Crippen molar-refractivity contribution in [3.63, 3.8) is 0 Å². The van der Waals surface area contributed by atoms with Crippen molar-refractivity contribution in [2.24, 2.45) is 0 Å². The second-order valence-electron chi connectivity index (χ2n) is 6.61. The third-order valence-electron chi connectivity index (χ3n) is 4.67. The van der Waals surface area contributed by atoms with E-state index in [1.165, 1.54) is 13.2 Å². The zero-order valence-electron chi connectivity index (χ0n) is 15.8. The number of rotatable bonds is 6. The minimum absolute atomic E-state index is 0.233. The van der Waals surface area contributed by atoms with Crippen molar-refractivity contribution in [3.8, 4) is 5.75 Å². The van der Waals surface area contributed by atoms with Gasteiger partial charge in [0.05, 0.1) is 13.4 Å².